The summed E-state index contributed by atoms with van der Waals surface area (Å²) in [4.78, 5) is 38.8. The van der Waals surface area contributed by atoms with E-state index >= 15 is 0 Å². The molecule has 178 valence electrons. The highest BCUT2D eigenvalue weighted by atomic mass is 79.9. The molecule has 0 unspecified atom stereocenters. The fourth-order valence-electron chi connectivity index (χ4n) is 2.99. The lowest BCUT2D eigenvalue weighted by molar-refractivity contribution is -0.127. The van der Waals surface area contributed by atoms with Crippen molar-refractivity contribution in [2.75, 3.05) is 32.2 Å². The Hall–Kier alpha value is -3.24. The number of imide groups is 1. The molecule has 1 aliphatic heterocycles. The number of carbonyl (C=O) groups excluding carboxylic acids is 3. The third-order valence-corrected chi connectivity index (χ3v) is 6.15. The van der Waals surface area contributed by atoms with E-state index < -0.39 is 23.6 Å². The van der Waals surface area contributed by atoms with Crippen molar-refractivity contribution in [1.82, 2.24) is 4.90 Å². The number of carbonyl (C=O) groups is 3. The molecular formula is C24H23BrN2O6S. The molecule has 1 aliphatic rings. The number of hydrogen-bond acceptors (Lipinski definition) is 7. The van der Waals surface area contributed by atoms with E-state index in [9.17, 15) is 14.4 Å². The molecule has 3 rings (SSSR count). The van der Waals surface area contributed by atoms with Crippen LogP contribution in [0.2, 0.25) is 0 Å². The molecule has 8 nitrogen and oxygen atoms in total. The molecule has 0 atom stereocenters. The van der Waals surface area contributed by atoms with Gasteiger partial charge in [0.1, 0.15) is 18.9 Å². The van der Waals surface area contributed by atoms with E-state index in [4.69, 9.17) is 14.2 Å². The van der Waals surface area contributed by atoms with Crippen LogP contribution in [0.1, 0.15) is 12.5 Å². The van der Waals surface area contributed by atoms with Crippen molar-refractivity contribution in [1.29, 1.82) is 0 Å². The summed E-state index contributed by atoms with van der Waals surface area (Å²) < 4.78 is 17.0. The molecule has 1 fully saturated rings. The minimum absolute atomic E-state index is 0.199. The van der Waals surface area contributed by atoms with Crippen LogP contribution in [0.4, 0.5) is 10.5 Å². The van der Waals surface area contributed by atoms with E-state index in [0.29, 0.717) is 46.2 Å². The maximum Gasteiger partial charge on any atom is 0.294 e. The van der Waals surface area contributed by atoms with Crippen LogP contribution in [-0.4, -0.2) is 48.8 Å². The Bertz CT molecular complexity index is 1130. The van der Waals surface area contributed by atoms with Crippen LogP contribution >= 0.6 is 27.7 Å². The van der Waals surface area contributed by atoms with Gasteiger partial charge in [0, 0.05) is 10.2 Å². The first-order valence-electron chi connectivity index (χ1n) is 10.3. The van der Waals surface area contributed by atoms with Gasteiger partial charge in [-0.3, -0.25) is 19.3 Å². The summed E-state index contributed by atoms with van der Waals surface area (Å²) >= 11 is 4.24. The summed E-state index contributed by atoms with van der Waals surface area (Å²) in [5.74, 6) is 0.632. The second-order valence-corrected chi connectivity index (χ2v) is 8.75. The van der Waals surface area contributed by atoms with Gasteiger partial charge in [-0.1, -0.05) is 28.6 Å². The lowest BCUT2D eigenvalue weighted by atomic mass is 10.1. The van der Waals surface area contributed by atoms with Gasteiger partial charge in [-0.05, 0) is 66.7 Å². The van der Waals surface area contributed by atoms with E-state index in [1.54, 1.807) is 55.7 Å². The number of thioether (sulfide) groups is 1. The largest absolute Gasteiger partial charge is 0.497 e. The summed E-state index contributed by atoms with van der Waals surface area (Å²) in [6.07, 6.45) is 3.20. The Morgan fingerprint density at radius 3 is 2.53 bits per heavy atom. The van der Waals surface area contributed by atoms with E-state index in [2.05, 4.69) is 27.8 Å². The average Bonchev–Trinajstić information content (AvgIpc) is 3.08. The molecule has 1 saturated heterocycles. The first-order valence-corrected chi connectivity index (χ1v) is 11.9. The molecule has 0 radical (unpaired) electrons. The minimum Gasteiger partial charge on any atom is -0.497 e. The third kappa shape index (κ3) is 6.21. The summed E-state index contributed by atoms with van der Waals surface area (Å²) in [5, 5.41) is 2.14. The number of ether oxygens (including phenoxy) is 3. The number of rotatable bonds is 10. The van der Waals surface area contributed by atoms with Gasteiger partial charge in [-0.2, -0.15) is 0 Å². The second-order valence-electron chi connectivity index (χ2n) is 6.90. The van der Waals surface area contributed by atoms with Gasteiger partial charge in [-0.15, -0.1) is 0 Å². The number of nitrogens with zero attached hydrogens (tertiary/aromatic N) is 1. The highest BCUT2D eigenvalue weighted by Gasteiger charge is 2.36. The number of amides is 3. The zero-order chi connectivity index (χ0) is 24.7. The SMILES string of the molecule is C=CCOc1cc(Br)c(/C=C2/SC(=O)N(CC(=O)Nc3ccc(OC)cc3)C2=O)cc1OCC. The molecule has 0 aromatic heterocycles. The Balaban J connectivity index is 1.75. The van der Waals surface area contributed by atoms with Crippen molar-refractivity contribution < 1.29 is 28.6 Å². The van der Waals surface area contributed by atoms with E-state index in [0.717, 1.165) is 16.7 Å². The van der Waals surface area contributed by atoms with Gasteiger partial charge in [-0.25, -0.2) is 0 Å². The first-order chi connectivity index (χ1) is 16.4. The van der Waals surface area contributed by atoms with Crippen molar-refractivity contribution in [2.45, 2.75) is 6.92 Å². The molecule has 34 heavy (non-hydrogen) atoms. The summed E-state index contributed by atoms with van der Waals surface area (Å²) in [6.45, 7) is 5.82. The molecule has 2 aromatic rings. The van der Waals surface area contributed by atoms with Crippen molar-refractivity contribution in [3.63, 3.8) is 0 Å². The summed E-state index contributed by atoms with van der Waals surface area (Å²) in [7, 11) is 1.54. The van der Waals surface area contributed by atoms with Gasteiger partial charge >= 0.3 is 0 Å². The molecule has 0 bridgehead atoms. The molecule has 0 spiro atoms. The lowest BCUT2D eigenvalue weighted by Gasteiger charge is -2.13. The molecule has 3 amide bonds. The predicted molar refractivity (Wildman–Crippen MR) is 135 cm³/mol. The molecule has 1 N–H and O–H groups in total. The summed E-state index contributed by atoms with van der Waals surface area (Å²) in [5.41, 5.74) is 1.15. The fraction of sp³-hybridized carbons (Fsp3) is 0.208. The van der Waals surface area contributed by atoms with Crippen molar-refractivity contribution in [3.8, 4) is 17.2 Å². The first kappa shape index (κ1) is 25.4. The third-order valence-electron chi connectivity index (χ3n) is 4.56. The fourth-order valence-corrected chi connectivity index (χ4v) is 4.25. The number of nitrogens with one attached hydrogen (secondary N) is 1. The summed E-state index contributed by atoms with van der Waals surface area (Å²) in [6, 6.07) is 10.2. The quantitative estimate of drug-likeness (QED) is 0.327. The van der Waals surface area contributed by atoms with E-state index in [-0.39, 0.29) is 4.91 Å². The smallest absolute Gasteiger partial charge is 0.294 e. The normalized spacial score (nSPS) is 14.3. The Morgan fingerprint density at radius 2 is 1.88 bits per heavy atom. The molecule has 2 aromatic carbocycles. The standard InChI is InChI=1S/C24H23BrN2O6S/c1-4-10-33-20-13-18(25)15(11-19(20)32-5-2)12-21-23(29)27(24(30)34-21)14-22(28)26-16-6-8-17(31-3)9-7-16/h4,6-9,11-13H,1,5,10,14H2,2-3H3,(H,26,28)/b21-12+. The van der Waals surface area contributed by atoms with Crippen LogP contribution in [-0.2, 0) is 9.59 Å². The highest BCUT2D eigenvalue weighted by Crippen LogP contribution is 2.38. The zero-order valence-corrected chi connectivity index (χ0v) is 21.0. The molecule has 0 aliphatic carbocycles. The van der Waals surface area contributed by atoms with Gasteiger partial charge in [0.05, 0.1) is 18.6 Å². The molecule has 1 heterocycles. The van der Waals surface area contributed by atoms with Crippen LogP contribution in [0.25, 0.3) is 6.08 Å². The maximum atomic E-state index is 12.9. The van der Waals surface area contributed by atoms with Crippen molar-refractivity contribution in [2.24, 2.45) is 0 Å². The topological polar surface area (TPSA) is 94.2 Å². The van der Waals surface area contributed by atoms with E-state index in [1.807, 2.05) is 6.92 Å². The van der Waals surface area contributed by atoms with Gasteiger partial charge < -0.3 is 19.5 Å². The highest BCUT2D eigenvalue weighted by molar-refractivity contribution is 9.10. The zero-order valence-electron chi connectivity index (χ0n) is 18.6. The average molecular weight is 547 g/mol. The lowest BCUT2D eigenvalue weighted by Crippen LogP contribution is -2.36. The second kappa shape index (κ2) is 11.8. The minimum atomic E-state index is -0.545. The molecular weight excluding hydrogens is 524 g/mol. The Labute approximate surface area is 210 Å². The van der Waals surface area contributed by atoms with Crippen molar-refractivity contribution in [3.05, 3.63) is 64.0 Å². The van der Waals surface area contributed by atoms with E-state index in [1.165, 1.54) is 0 Å². The number of benzene rings is 2. The number of methoxy groups -OCH3 is 1. The van der Waals surface area contributed by atoms with Crippen LogP contribution < -0.4 is 19.5 Å². The number of hydrogen-bond donors (Lipinski definition) is 1. The molecule has 10 heteroatoms. The number of anilines is 1. The van der Waals surface area contributed by atoms with Crippen LogP contribution in [0, 0.1) is 0 Å². The Kier molecular flexibility index (Phi) is 8.78. The maximum absolute atomic E-state index is 12.9. The number of halogens is 1. The van der Waals surface area contributed by atoms with Crippen LogP contribution in [0.15, 0.2) is 58.4 Å². The molecule has 0 saturated carbocycles. The predicted octanol–water partition coefficient (Wildman–Crippen LogP) is 5.10. The van der Waals surface area contributed by atoms with Crippen molar-refractivity contribution >= 4 is 56.5 Å². The monoisotopic (exact) mass is 546 g/mol. The Morgan fingerprint density at radius 1 is 1.18 bits per heavy atom. The van der Waals surface area contributed by atoms with Gasteiger partial charge in [0.25, 0.3) is 11.1 Å². The van der Waals surface area contributed by atoms with Gasteiger partial charge in [0.15, 0.2) is 11.5 Å². The van der Waals surface area contributed by atoms with Crippen LogP contribution in [0.5, 0.6) is 17.2 Å². The van der Waals surface area contributed by atoms with Crippen LogP contribution in [0.3, 0.4) is 0 Å². The van der Waals surface area contributed by atoms with Gasteiger partial charge in [0.2, 0.25) is 5.91 Å².